The van der Waals surface area contributed by atoms with Crippen molar-refractivity contribution in [2.45, 2.75) is 57.3 Å². The summed E-state index contributed by atoms with van der Waals surface area (Å²) in [6, 6.07) is 15.5. The van der Waals surface area contributed by atoms with Crippen molar-refractivity contribution >= 4 is 39.1 Å². The van der Waals surface area contributed by atoms with Gasteiger partial charge in [0.2, 0.25) is 5.91 Å². The highest BCUT2D eigenvalue weighted by molar-refractivity contribution is 7.20. The third-order valence-corrected chi connectivity index (χ3v) is 7.34. The zero-order chi connectivity index (χ0) is 20.7. The summed E-state index contributed by atoms with van der Waals surface area (Å²) in [5.41, 5.74) is 2.07. The molecule has 2 aromatic carbocycles. The minimum Gasteiger partial charge on any atom is -0.431 e. The van der Waals surface area contributed by atoms with Crippen molar-refractivity contribution in [3.63, 3.8) is 0 Å². The van der Waals surface area contributed by atoms with Gasteiger partial charge in [0.25, 0.3) is 5.19 Å². The van der Waals surface area contributed by atoms with Crippen LogP contribution in [0.2, 0.25) is 5.02 Å². The zero-order valence-corrected chi connectivity index (χ0v) is 18.4. The van der Waals surface area contributed by atoms with Crippen LogP contribution in [0.5, 0.6) is 10.9 Å². The van der Waals surface area contributed by atoms with Gasteiger partial charge in [0.15, 0.2) is 0 Å². The number of nitrogens with zero attached hydrogens (tertiary/aromatic N) is 2. The number of piperidine rings is 1. The van der Waals surface area contributed by atoms with E-state index in [2.05, 4.69) is 27.3 Å². The summed E-state index contributed by atoms with van der Waals surface area (Å²) < 4.78 is 6.98. The number of nitrogens with one attached hydrogen (secondary N) is 1. The molecule has 2 fully saturated rings. The van der Waals surface area contributed by atoms with Gasteiger partial charge in [0.1, 0.15) is 11.3 Å². The molecule has 1 amide bonds. The van der Waals surface area contributed by atoms with Crippen molar-refractivity contribution in [2.24, 2.45) is 0 Å². The Kier molecular flexibility index (Phi) is 5.39. The Morgan fingerprint density at radius 2 is 1.93 bits per heavy atom. The minimum absolute atomic E-state index is 0.0823. The Morgan fingerprint density at radius 3 is 2.60 bits per heavy atom. The van der Waals surface area contributed by atoms with E-state index in [1.165, 1.54) is 29.7 Å². The van der Waals surface area contributed by atoms with E-state index in [9.17, 15) is 4.79 Å². The standard InChI is InChI=1S/C23H24ClN3O2S/c1-14(28)25-16-11-17-7-8-18(12-16)27(17)13-15-5-9-19(10-6-15)29-23-26-22-20(24)3-2-4-21(22)30-23/h2-6,9-10,16-18H,7-8,11-13H2,1H3,(H,25,28)/t16?,17-,18?/m1/s1. The van der Waals surface area contributed by atoms with E-state index in [1.807, 2.05) is 30.3 Å². The molecule has 0 spiro atoms. The number of benzene rings is 2. The van der Waals surface area contributed by atoms with Crippen LogP contribution < -0.4 is 10.1 Å². The topological polar surface area (TPSA) is 54.5 Å². The number of thiazole rings is 1. The molecular formula is C23H24ClN3O2S. The molecule has 0 saturated carbocycles. The first kappa shape index (κ1) is 19.8. The second kappa shape index (κ2) is 8.17. The molecule has 1 aromatic heterocycles. The Balaban J connectivity index is 1.23. The van der Waals surface area contributed by atoms with Crippen LogP contribution in [0.25, 0.3) is 10.2 Å². The monoisotopic (exact) mass is 441 g/mol. The first-order valence-electron chi connectivity index (χ1n) is 10.4. The average Bonchev–Trinajstić information content (AvgIpc) is 3.21. The summed E-state index contributed by atoms with van der Waals surface area (Å²) in [6.07, 6.45) is 4.55. The van der Waals surface area contributed by atoms with Crippen molar-refractivity contribution in [1.29, 1.82) is 0 Å². The lowest BCUT2D eigenvalue weighted by Gasteiger charge is -2.39. The maximum Gasteiger partial charge on any atom is 0.279 e. The lowest BCUT2D eigenvalue weighted by molar-refractivity contribution is -0.120. The number of hydrogen-bond acceptors (Lipinski definition) is 5. The number of para-hydroxylation sites is 1. The molecular weight excluding hydrogens is 418 g/mol. The van der Waals surface area contributed by atoms with Gasteiger partial charge in [0.05, 0.1) is 9.72 Å². The van der Waals surface area contributed by atoms with Crippen molar-refractivity contribution in [1.82, 2.24) is 15.2 Å². The number of amides is 1. The quantitative estimate of drug-likeness (QED) is 0.578. The van der Waals surface area contributed by atoms with E-state index in [1.54, 1.807) is 6.92 Å². The van der Waals surface area contributed by atoms with Crippen LogP contribution in [0.3, 0.4) is 0 Å². The van der Waals surface area contributed by atoms with Crippen molar-refractivity contribution in [2.75, 3.05) is 0 Å². The lowest BCUT2D eigenvalue weighted by Crippen LogP contribution is -2.49. The van der Waals surface area contributed by atoms with Gasteiger partial charge in [-0.15, -0.1) is 0 Å². The summed E-state index contributed by atoms with van der Waals surface area (Å²) in [5, 5.41) is 4.36. The molecule has 3 atom stereocenters. The van der Waals surface area contributed by atoms with Crippen molar-refractivity contribution < 1.29 is 9.53 Å². The Hall–Kier alpha value is -2.15. The van der Waals surface area contributed by atoms with E-state index >= 15 is 0 Å². The Labute approximate surface area is 185 Å². The normalized spacial score (nSPS) is 23.6. The number of halogens is 1. The van der Waals surface area contributed by atoms with Gasteiger partial charge in [-0.2, -0.15) is 0 Å². The molecule has 3 heterocycles. The maximum absolute atomic E-state index is 11.4. The summed E-state index contributed by atoms with van der Waals surface area (Å²) in [4.78, 5) is 18.5. The number of hydrogen-bond donors (Lipinski definition) is 1. The van der Waals surface area contributed by atoms with Crippen LogP contribution in [0, 0.1) is 0 Å². The van der Waals surface area contributed by atoms with E-state index in [-0.39, 0.29) is 5.91 Å². The van der Waals surface area contributed by atoms with Gasteiger partial charge in [-0.25, -0.2) is 4.98 Å². The Bertz CT molecular complexity index is 1050. The van der Waals surface area contributed by atoms with Gasteiger partial charge in [-0.05, 0) is 55.5 Å². The van der Waals surface area contributed by atoms with Crippen LogP contribution in [0.1, 0.15) is 38.2 Å². The third-order valence-electron chi connectivity index (χ3n) is 6.14. The highest BCUT2D eigenvalue weighted by Gasteiger charge is 2.40. The fourth-order valence-electron chi connectivity index (χ4n) is 4.85. The van der Waals surface area contributed by atoms with E-state index in [0.717, 1.165) is 35.4 Å². The lowest BCUT2D eigenvalue weighted by atomic mass is 9.96. The molecule has 5 nitrogen and oxygen atoms in total. The second-order valence-corrected chi connectivity index (χ2v) is 9.64. The molecule has 0 aliphatic carbocycles. The number of fused-ring (bicyclic) bond motifs is 3. The van der Waals surface area contributed by atoms with Gasteiger partial charge in [-0.3, -0.25) is 9.69 Å². The van der Waals surface area contributed by atoms with Gasteiger partial charge >= 0.3 is 0 Å². The first-order valence-corrected chi connectivity index (χ1v) is 11.6. The zero-order valence-electron chi connectivity index (χ0n) is 16.8. The van der Waals surface area contributed by atoms with Crippen LogP contribution in [0.15, 0.2) is 42.5 Å². The largest absolute Gasteiger partial charge is 0.431 e. The molecule has 7 heteroatoms. The molecule has 5 rings (SSSR count). The summed E-state index contributed by atoms with van der Waals surface area (Å²) in [6.45, 7) is 2.56. The van der Waals surface area contributed by atoms with Gasteiger partial charge in [-0.1, -0.05) is 41.1 Å². The SMILES string of the molecule is CC(=O)NC1CC2CC[C@H](C1)N2Cc1ccc(Oc2nc3c(Cl)cccc3s2)cc1. The minimum atomic E-state index is 0.0823. The van der Waals surface area contributed by atoms with Gasteiger partial charge in [0, 0.05) is 31.6 Å². The number of aromatic nitrogens is 1. The molecule has 1 N–H and O–H groups in total. The summed E-state index contributed by atoms with van der Waals surface area (Å²) in [7, 11) is 0. The first-order chi connectivity index (χ1) is 14.5. The number of ether oxygens (including phenoxy) is 1. The number of rotatable bonds is 5. The predicted molar refractivity (Wildman–Crippen MR) is 120 cm³/mol. The second-order valence-electron chi connectivity index (χ2n) is 8.24. The van der Waals surface area contributed by atoms with E-state index in [0.29, 0.717) is 28.3 Å². The van der Waals surface area contributed by atoms with Crippen LogP contribution in [-0.4, -0.2) is 33.9 Å². The van der Waals surface area contributed by atoms with E-state index in [4.69, 9.17) is 16.3 Å². The average molecular weight is 442 g/mol. The van der Waals surface area contributed by atoms with Crippen molar-refractivity contribution in [3.8, 4) is 10.9 Å². The molecule has 3 aromatic rings. The maximum atomic E-state index is 11.4. The molecule has 2 bridgehead atoms. The van der Waals surface area contributed by atoms with E-state index < -0.39 is 0 Å². The van der Waals surface area contributed by atoms with Crippen LogP contribution >= 0.6 is 22.9 Å². The molecule has 156 valence electrons. The highest BCUT2D eigenvalue weighted by atomic mass is 35.5. The molecule has 30 heavy (non-hydrogen) atoms. The Morgan fingerprint density at radius 1 is 1.20 bits per heavy atom. The fraction of sp³-hybridized carbons (Fsp3) is 0.391. The molecule has 2 aliphatic rings. The fourth-order valence-corrected chi connectivity index (χ4v) is 5.99. The molecule has 2 aliphatic heterocycles. The molecule has 2 saturated heterocycles. The van der Waals surface area contributed by atoms with Gasteiger partial charge < -0.3 is 10.1 Å². The number of carbonyl (C=O) groups excluding carboxylic acids is 1. The molecule has 2 unspecified atom stereocenters. The van der Waals surface area contributed by atoms with Crippen LogP contribution in [0.4, 0.5) is 0 Å². The molecule has 0 radical (unpaired) electrons. The van der Waals surface area contributed by atoms with Crippen molar-refractivity contribution in [3.05, 3.63) is 53.1 Å². The van der Waals surface area contributed by atoms with Crippen LogP contribution in [-0.2, 0) is 11.3 Å². The predicted octanol–water partition coefficient (Wildman–Crippen LogP) is 5.37. The highest BCUT2D eigenvalue weighted by Crippen LogP contribution is 2.38. The summed E-state index contributed by atoms with van der Waals surface area (Å²) in [5.74, 6) is 0.861. The number of carbonyl (C=O) groups is 1. The summed E-state index contributed by atoms with van der Waals surface area (Å²) >= 11 is 7.71. The third kappa shape index (κ3) is 4.04. The smallest absolute Gasteiger partial charge is 0.279 e.